The van der Waals surface area contributed by atoms with Crippen molar-refractivity contribution in [3.63, 3.8) is 0 Å². The molecule has 1 aliphatic rings. The molecule has 0 aromatic heterocycles. The van der Waals surface area contributed by atoms with Crippen LogP contribution in [0.2, 0.25) is 0 Å². The van der Waals surface area contributed by atoms with Crippen LogP contribution in [0.4, 0.5) is 0 Å². The van der Waals surface area contributed by atoms with Gasteiger partial charge >= 0.3 is 0 Å². The van der Waals surface area contributed by atoms with E-state index >= 15 is 0 Å². The fraction of sp³-hybridized carbons (Fsp3) is 0.600. The quantitative estimate of drug-likeness (QED) is 0.760. The van der Waals surface area contributed by atoms with Crippen molar-refractivity contribution in [3.8, 4) is 0 Å². The number of nitrogens with one attached hydrogen (secondary N) is 2. The number of carbonyl (C=O) groups is 2. The Morgan fingerprint density at radius 3 is 2.68 bits per heavy atom. The summed E-state index contributed by atoms with van der Waals surface area (Å²) in [4.78, 5) is 26.2. The van der Waals surface area contributed by atoms with Crippen LogP contribution in [0.15, 0.2) is 30.3 Å². The van der Waals surface area contributed by atoms with Crippen molar-refractivity contribution in [2.45, 2.75) is 52.1 Å². The molecule has 1 aliphatic heterocycles. The van der Waals surface area contributed by atoms with Gasteiger partial charge < -0.3 is 10.6 Å². The van der Waals surface area contributed by atoms with Gasteiger partial charge in [-0.15, -0.1) is 0 Å². The van der Waals surface area contributed by atoms with E-state index in [9.17, 15) is 9.59 Å². The van der Waals surface area contributed by atoms with Gasteiger partial charge in [-0.25, -0.2) is 0 Å². The summed E-state index contributed by atoms with van der Waals surface area (Å²) in [7, 11) is 0. The highest BCUT2D eigenvalue weighted by atomic mass is 16.2. The van der Waals surface area contributed by atoms with Crippen LogP contribution in [0.5, 0.6) is 0 Å². The summed E-state index contributed by atoms with van der Waals surface area (Å²) in [6.07, 6.45) is 3.42. The Morgan fingerprint density at radius 2 is 1.96 bits per heavy atom. The van der Waals surface area contributed by atoms with Gasteiger partial charge in [0, 0.05) is 25.6 Å². The van der Waals surface area contributed by atoms with Crippen LogP contribution in [0.25, 0.3) is 0 Å². The molecule has 2 N–H and O–H groups in total. The van der Waals surface area contributed by atoms with E-state index in [1.807, 2.05) is 6.07 Å². The molecule has 0 saturated carbocycles. The largest absolute Gasteiger partial charge is 0.351 e. The summed E-state index contributed by atoms with van der Waals surface area (Å²) < 4.78 is 0. The smallest absolute Gasteiger partial charge is 0.239 e. The first kappa shape index (κ1) is 19.4. The fourth-order valence-electron chi connectivity index (χ4n) is 3.12. The van der Waals surface area contributed by atoms with Crippen molar-refractivity contribution in [3.05, 3.63) is 35.9 Å². The van der Waals surface area contributed by atoms with Gasteiger partial charge in [-0.1, -0.05) is 44.2 Å². The predicted molar refractivity (Wildman–Crippen MR) is 100.0 cm³/mol. The normalized spacial score (nSPS) is 18.1. The summed E-state index contributed by atoms with van der Waals surface area (Å²) in [5, 5.41) is 5.77. The lowest BCUT2D eigenvalue weighted by molar-refractivity contribution is -0.126. The molecule has 2 rings (SSSR count). The summed E-state index contributed by atoms with van der Waals surface area (Å²) >= 11 is 0. The molecule has 2 amide bonds. The van der Waals surface area contributed by atoms with Crippen molar-refractivity contribution < 1.29 is 9.59 Å². The monoisotopic (exact) mass is 345 g/mol. The highest BCUT2D eigenvalue weighted by molar-refractivity contribution is 5.84. The Hall–Kier alpha value is -1.88. The molecule has 1 aromatic carbocycles. The number of benzene rings is 1. The molecule has 1 fully saturated rings. The topological polar surface area (TPSA) is 61.4 Å². The van der Waals surface area contributed by atoms with Crippen molar-refractivity contribution in [1.82, 2.24) is 15.5 Å². The predicted octanol–water partition coefficient (Wildman–Crippen LogP) is 2.32. The molecule has 1 atom stereocenters. The van der Waals surface area contributed by atoms with Crippen molar-refractivity contribution >= 4 is 11.8 Å². The number of hydrogen-bond donors (Lipinski definition) is 2. The number of amides is 2. The summed E-state index contributed by atoms with van der Waals surface area (Å²) in [5.74, 6) is 0.361. The average Bonchev–Trinajstić information content (AvgIpc) is 2.59. The Kier molecular flexibility index (Phi) is 7.92. The Morgan fingerprint density at radius 1 is 1.20 bits per heavy atom. The van der Waals surface area contributed by atoms with Crippen LogP contribution in [-0.2, 0) is 16.1 Å². The highest BCUT2D eigenvalue weighted by Gasteiger charge is 2.21. The zero-order valence-corrected chi connectivity index (χ0v) is 15.5. The third-order valence-corrected chi connectivity index (χ3v) is 4.51. The van der Waals surface area contributed by atoms with Gasteiger partial charge in [0.15, 0.2) is 0 Å². The fourth-order valence-corrected chi connectivity index (χ4v) is 3.12. The maximum Gasteiger partial charge on any atom is 0.239 e. The summed E-state index contributed by atoms with van der Waals surface area (Å²) in [6.45, 7) is 7.09. The standard InChI is InChI=1S/C20H31N3O2/c1-16(2)10-11-19(24)21-13-20(25)22-18-9-6-12-23(15-18)14-17-7-4-3-5-8-17/h3-5,7-8,16,18H,6,9-15H2,1-2H3,(H,21,24)(H,22,25). The molecule has 138 valence electrons. The third kappa shape index (κ3) is 7.69. The molecule has 1 heterocycles. The molecule has 0 bridgehead atoms. The van der Waals surface area contributed by atoms with Crippen LogP contribution < -0.4 is 10.6 Å². The van der Waals surface area contributed by atoms with Gasteiger partial charge in [0.05, 0.1) is 6.54 Å². The average molecular weight is 345 g/mol. The molecular formula is C20H31N3O2. The van der Waals surface area contributed by atoms with E-state index in [1.165, 1.54) is 5.56 Å². The summed E-state index contributed by atoms with van der Waals surface area (Å²) in [5.41, 5.74) is 1.30. The molecule has 1 saturated heterocycles. The van der Waals surface area contributed by atoms with Crippen molar-refractivity contribution in [2.24, 2.45) is 5.92 Å². The van der Waals surface area contributed by atoms with E-state index in [-0.39, 0.29) is 24.4 Å². The lowest BCUT2D eigenvalue weighted by Crippen LogP contribution is -2.49. The van der Waals surface area contributed by atoms with Gasteiger partial charge in [0.2, 0.25) is 11.8 Å². The van der Waals surface area contributed by atoms with Crippen LogP contribution in [-0.4, -0.2) is 42.4 Å². The van der Waals surface area contributed by atoms with E-state index in [2.05, 4.69) is 53.6 Å². The number of piperidine rings is 1. The second kappa shape index (κ2) is 10.2. The van der Waals surface area contributed by atoms with Crippen LogP contribution in [0.1, 0.15) is 45.1 Å². The van der Waals surface area contributed by atoms with Gasteiger partial charge in [-0.05, 0) is 37.3 Å². The number of carbonyl (C=O) groups excluding carboxylic acids is 2. The minimum atomic E-state index is -0.0931. The molecule has 0 spiro atoms. The van der Waals surface area contributed by atoms with Crippen molar-refractivity contribution in [1.29, 1.82) is 0 Å². The van der Waals surface area contributed by atoms with Gasteiger partial charge in [-0.3, -0.25) is 14.5 Å². The van der Waals surface area contributed by atoms with Gasteiger partial charge in [0.25, 0.3) is 0 Å². The number of hydrogen-bond acceptors (Lipinski definition) is 3. The van der Waals surface area contributed by atoms with Crippen molar-refractivity contribution in [2.75, 3.05) is 19.6 Å². The first-order chi connectivity index (χ1) is 12.0. The first-order valence-electron chi connectivity index (χ1n) is 9.35. The highest BCUT2D eigenvalue weighted by Crippen LogP contribution is 2.13. The van der Waals surface area contributed by atoms with Crippen LogP contribution >= 0.6 is 0 Å². The summed E-state index contributed by atoms with van der Waals surface area (Å²) in [6, 6.07) is 10.6. The molecule has 1 aromatic rings. The molecule has 5 nitrogen and oxygen atoms in total. The van der Waals surface area contributed by atoms with E-state index < -0.39 is 0 Å². The van der Waals surface area contributed by atoms with Gasteiger partial charge in [0.1, 0.15) is 0 Å². The molecule has 0 aliphatic carbocycles. The number of rotatable bonds is 8. The third-order valence-electron chi connectivity index (χ3n) is 4.51. The molecule has 5 heteroatoms. The SMILES string of the molecule is CC(C)CCC(=O)NCC(=O)NC1CCCN(Cc2ccccc2)C1. The molecule has 25 heavy (non-hydrogen) atoms. The maximum atomic E-state index is 12.1. The Bertz CT molecular complexity index is 545. The lowest BCUT2D eigenvalue weighted by atomic mass is 10.0. The lowest BCUT2D eigenvalue weighted by Gasteiger charge is -2.33. The second-order valence-electron chi connectivity index (χ2n) is 7.34. The van der Waals surface area contributed by atoms with Crippen LogP contribution in [0, 0.1) is 5.92 Å². The zero-order chi connectivity index (χ0) is 18.1. The van der Waals surface area contributed by atoms with E-state index in [1.54, 1.807) is 0 Å². The van der Waals surface area contributed by atoms with E-state index in [4.69, 9.17) is 0 Å². The number of likely N-dealkylation sites (tertiary alicyclic amines) is 1. The zero-order valence-electron chi connectivity index (χ0n) is 15.5. The first-order valence-corrected chi connectivity index (χ1v) is 9.35. The van der Waals surface area contributed by atoms with Crippen LogP contribution in [0.3, 0.4) is 0 Å². The Balaban J connectivity index is 1.69. The molecule has 0 radical (unpaired) electrons. The number of nitrogens with zero attached hydrogens (tertiary/aromatic N) is 1. The van der Waals surface area contributed by atoms with E-state index in [0.29, 0.717) is 12.3 Å². The minimum Gasteiger partial charge on any atom is -0.351 e. The maximum absolute atomic E-state index is 12.1. The second-order valence-corrected chi connectivity index (χ2v) is 7.34. The molecular weight excluding hydrogens is 314 g/mol. The Labute approximate surface area is 151 Å². The van der Waals surface area contributed by atoms with E-state index in [0.717, 1.165) is 38.9 Å². The molecule has 1 unspecified atom stereocenters. The van der Waals surface area contributed by atoms with Gasteiger partial charge in [-0.2, -0.15) is 0 Å². The minimum absolute atomic E-state index is 0.0433.